The standard InChI is InChI=1S/C18H23N5O3S/c1-12(2)8-9-19-16-6-7-17(21-20-16)22-27(25,26)14-4-5-15-13(10-14)11-18(24)23(15)3/h4-7,10,12H,8-9,11H2,1-3H3,(H,19,20)(H,21,22). The average molecular weight is 389 g/mol. The van der Waals surface area contributed by atoms with Gasteiger partial charge in [-0.3, -0.25) is 9.52 Å². The Morgan fingerprint density at radius 3 is 2.52 bits per heavy atom. The molecule has 1 aromatic carbocycles. The first kappa shape index (κ1) is 19.1. The number of hydrogen-bond donors (Lipinski definition) is 2. The number of amides is 1. The van der Waals surface area contributed by atoms with Crippen LogP contribution in [0, 0.1) is 5.92 Å². The van der Waals surface area contributed by atoms with Gasteiger partial charge in [0.1, 0.15) is 5.82 Å². The summed E-state index contributed by atoms with van der Waals surface area (Å²) in [7, 11) is -2.14. The molecule has 3 rings (SSSR count). The average Bonchev–Trinajstić information content (AvgIpc) is 2.90. The van der Waals surface area contributed by atoms with E-state index in [2.05, 4.69) is 34.1 Å². The van der Waals surface area contributed by atoms with Crippen molar-refractivity contribution in [3.05, 3.63) is 35.9 Å². The highest BCUT2D eigenvalue weighted by molar-refractivity contribution is 7.92. The Hall–Kier alpha value is -2.68. The summed E-state index contributed by atoms with van der Waals surface area (Å²) in [5.41, 5.74) is 1.43. The highest BCUT2D eigenvalue weighted by Gasteiger charge is 2.26. The van der Waals surface area contributed by atoms with Gasteiger partial charge in [-0.25, -0.2) is 8.42 Å². The first-order valence-electron chi connectivity index (χ1n) is 8.76. The summed E-state index contributed by atoms with van der Waals surface area (Å²) in [5.74, 6) is 1.26. The van der Waals surface area contributed by atoms with Crippen molar-refractivity contribution in [1.82, 2.24) is 10.2 Å². The highest BCUT2D eigenvalue weighted by Crippen LogP contribution is 2.30. The molecule has 0 atom stereocenters. The first-order valence-corrected chi connectivity index (χ1v) is 10.2. The second-order valence-electron chi connectivity index (χ2n) is 6.94. The number of rotatable bonds is 7. The molecular formula is C18H23N5O3S. The van der Waals surface area contributed by atoms with Gasteiger partial charge in [0.2, 0.25) is 5.91 Å². The van der Waals surface area contributed by atoms with Gasteiger partial charge in [-0.2, -0.15) is 0 Å². The van der Waals surface area contributed by atoms with Crippen LogP contribution in [0.25, 0.3) is 0 Å². The van der Waals surface area contributed by atoms with Crippen molar-refractivity contribution < 1.29 is 13.2 Å². The van der Waals surface area contributed by atoms with Crippen LogP contribution in [0.3, 0.4) is 0 Å². The zero-order valence-corrected chi connectivity index (χ0v) is 16.4. The number of sulfonamides is 1. The van der Waals surface area contributed by atoms with Gasteiger partial charge in [-0.15, -0.1) is 10.2 Å². The van der Waals surface area contributed by atoms with E-state index < -0.39 is 10.0 Å². The number of likely N-dealkylation sites (N-methyl/N-ethyl adjacent to an activating group) is 1. The lowest BCUT2D eigenvalue weighted by atomic mass is 10.1. The van der Waals surface area contributed by atoms with E-state index in [1.165, 1.54) is 17.0 Å². The lowest BCUT2D eigenvalue weighted by Gasteiger charge is -2.12. The number of carbonyl (C=O) groups excluding carboxylic acids is 1. The van der Waals surface area contributed by atoms with Gasteiger partial charge in [-0.1, -0.05) is 13.8 Å². The molecule has 144 valence electrons. The number of fused-ring (bicyclic) bond motifs is 1. The van der Waals surface area contributed by atoms with E-state index in [0.29, 0.717) is 17.3 Å². The number of carbonyl (C=O) groups is 1. The van der Waals surface area contributed by atoms with Crippen LogP contribution in [0.5, 0.6) is 0 Å². The van der Waals surface area contributed by atoms with Crippen molar-refractivity contribution in [2.45, 2.75) is 31.6 Å². The van der Waals surface area contributed by atoms with Crippen LogP contribution in [0.1, 0.15) is 25.8 Å². The molecule has 1 aliphatic rings. The molecule has 0 bridgehead atoms. The lowest BCUT2D eigenvalue weighted by molar-refractivity contribution is -0.117. The van der Waals surface area contributed by atoms with Crippen molar-refractivity contribution in [2.75, 3.05) is 28.5 Å². The Morgan fingerprint density at radius 1 is 1.15 bits per heavy atom. The number of nitrogens with one attached hydrogen (secondary N) is 2. The van der Waals surface area contributed by atoms with Crippen LogP contribution in [-0.2, 0) is 21.2 Å². The monoisotopic (exact) mass is 389 g/mol. The van der Waals surface area contributed by atoms with Crippen molar-refractivity contribution in [1.29, 1.82) is 0 Å². The number of hydrogen-bond acceptors (Lipinski definition) is 6. The van der Waals surface area contributed by atoms with Gasteiger partial charge < -0.3 is 10.2 Å². The topological polar surface area (TPSA) is 104 Å². The third-order valence-corrected chi connectivity index (χ3v) is 5.72. The Labute approximate surface area is 159 Å². The first-order chi connectivity index (χ1) is 12.8. The summed E-state index contributed by atoms with van der Waals surface area (Å²) in [6.45, 7) is 5.05. The zero-order valence-electron chi connectivity index (χ0n) is 15.6. The van der Waals surface area contributed by atoms with Crippen molar-refractivity contribution >= 4 is 33.3 Å². The third-order valence-electron chi connectivity index (χ3n) is 4.37. The van der Waals surface area contributed by atoms with E-state index in [1.807, 2.05) is 0 Å². The largest absolute Gasteiger partial charge is 0.369 e. The summed E-state index contributed by atoms with van der Waals surface area (Å²) in [5, 5.41) is 11.1. The minimum absolute atomic E-state index is 0.0565. The van der Waals surface area contributed by atoms with Crippen molar-refractivity contribution in [2.24, 2.45) is 5.92 Å². The second-order valence-corrected chi connectivity index (χ2v) is 8.62. The summed E-state index contributed by atoms with van der Waals surface area (Å²) >= 11 is 0. The summed E-state index contributed by atoms with van der Waals surface area (Å²) < 4.78 is 27.6. The molecule has 27 heavy (non-hydrogen) atoms. The molecule has 0 aliphatic carbocycles. The summed E-state index contributed by atoms with van der Waals surface area (Å²) in [4.78, 5) is 13.4. The molecule has 9 heteroatoms. The Bertz CT molecular complexity index is 942. The number of nitrogens with zero attached hydrogens (tertiary/aromatic N) is 3. The van der Waals surface area contributed by atoms with Crippen LogP contribution in [0.2, 0.25) is 0 Å². The minimum Gasteiger partial charge on any atom is -0.369 e. The lowest BCUT2D eigenvalue weighted by Crippen LogP contribution is -2.20. The van der Waals surface area contributed by atoms with Crippen LogP contribution in [-0.4, -0.2) is 38.1 Å². The van der Waals surface area contributed by atoms with E-state index in [0.717, 1.165) is 18.7 Å². The molecule has 2 N–H and O–H groups in total. The maximum absolute atomic E-state index is 12.6. The van der Waals surface area contributed by atoms with Gasteiger partial charge in [-0.05, 0) is 48.2 Å². The Morgan fingerprint density at radius 2 is 1.85 bits per heavy atom. The molecule has 1 aliphatic heterocycles. The van der Waals surface area contributed by atoms with Crippen molar-refractivity contribution in [3.63, 3.8) is 0 Å². The molecule has 2 aromatic rings. The molecule has 0 radical (unpaired) electrons. The number of anilines is 3. The van der Waals surface area contributed by atoms with Crippen LogP contribution in [0.4, 0.5) is 17.3 Å². The molecule has 1 aromatic heterocycles. The van der Waals surface area contributed by atoms with E-state index in [-0.39, 0.29) is 23.0 Å². The maximum Gasteiger partial charge on any atom is 0.263 e. The third kappa shape index (κ3) is 4.36. The summed E-state index contributed by atoms with van der Waals surface area (Å²) in [6, 6.07) is 7.89. The molecule has 0 spiro atoms. The quantitative estimate of drug-likeness (QED) is 0.753. The SMILES string of the molecule is CC(C)CCNc1ccc(NS(=O)(=O)c2ccc3c(c2)CC(=O)N3C)nn1. The molecule has 2 heterocycles. The van der Waals surface area contributed by atoms with Gasteiger partial charge in [0, 0.05) is 19.3 Å². The van der Waals surface area contributed by atoms with Crippen LogP contribution >= 0.6 is 0 Å². The number of benzene rings is 1. The highest BCUT2D eigenvalue weighted by atomic mass is 32.2. The normalized spacial score (nSPS) is 13.8. The fourth-order valence-corrected chi connectivity index (χ4v) is 3.83. The molecule has 0 unspecified atom stereocenters. The van der Waals surface area contributed by atoms with E-state index in [4.69, 9.17) is 0 Å². The zero-order chi connectivity index (χ0) is 19.6. The predicted octanol–water partition coefficient (Wildman–Crippen LogP) is 2.25. The molecule has 1 amide bonds. The maximum atomic E-state index is 12.6. The van der Waals surface area contributed by atoms with Crippen LogP contribution < -0.4 is 14.9 Å². The molecule has 0 fully saturated rings. The van der Waals surface area contributed by atoms with Gasteiger partial charge in [0.15, 0.2) is 5.82 Å². The van der Waals surface area contributed by atoms with E-state index >= 15 is 0 Å². The van der Waals surface area contributed by atoms with E-state index in [1.54, 1.807) is 25.2 Å². The van der Waals surface area contributed by atoms with Gasteiger partial charge >= 0.3 is 0 Å². The van der Waals surface area contributed by atoms with Gasteiger partial charge in [0.05, 0.1) is 11.3 Å². The fourth-order valence-electron chi connectivity index (χ4n) is 2.78. The molecule has 0 saturated carbocycles. The van der Waals surface area contributed by atoms with Crippen molar-refractivity contribution in [3.8, 4) is 0 Å². The number of aromatic nitrogens is 2. The molecule has 0 saturated heterocycles. The van der Waals surface area contributed by atoms with E-state index in [9.17, 15) is 13.2 Å². The molecule has 8 nitrogen and oxygen atoms in total. The minimum atomic E-state index is -3.81. The summed E-state index contributed by atoms with van der Waals surface area (Å²) in [6.07, 6.45) is 1.21. The molecular weight excluding hydrogens is 366 g/mol. The Balaban J connectivity index is 1.70. The predicted molar refractivity (Wildman–Crippen MR) is 104 cm³/mol. The fraction of sp³-hybridized carbons (Fsp3) is 0.389. The second kappa shape index (κ2) is 7.51. The smallest absolute Gasteiger partial charge is 0.263 e. The van der Waals surface area contributed by atoms with Crippen LogP contribution in [0.15, 0.2) is 35.2 Å². The Kier molecular flexibility index (Phi) is 5.31. The van der Waals surface area contributed by atoms with Gasteiger partial charge in [0.25, 0.3) is 10.0 Å².